The van der Waals surface area contributed by atoms with Gasteiger partial charge >= 0.3 is 0 Å². The first-order valence-corrected chi connectivity index (χ1v) is 7.19. The molecule has 3 heteroatoms. The number of likely N-dealkylation sites (tertiary alicyclic amines) is 1. The van der Waals surface area contributed by atoms with Crippen LogP contribution in [0.4, 0.5) is 0 Å². The van der Waals surface area contributed by atoms with Crippen LogP contribution in [0.5, 0.6) is 0 Å². The molecule has 0 spiro atoms. The lowest BCUT2D eigenvalue weighted by molar-refractivity contribution is 0.142. The van der Waals surface area contributed by atoms with E-state index in [0.717, 1.165) is 31.3 Å². The highest BCUT2D eigenvalue weighted by atomic mass is 16.3. The standard InChI is InChI=1S/C14H28N2O/c1-11-8-12(2)16(9-11)7-5-13-4-3-6-14(13,15)10-17/h11-13,17H,3-10,15H2,1-2H3. The minimum Gasteiger partial charge on any atom is -0.394 e. The highest BCUT2D eigenvalue weighted by Gasteiger charge is 2.39. The van der Waals surface area contributed by atoms with Gasteiger partial charge in [-0.25, -0.2) is 0 Å². The normalized spacial score (nSPS) is 43.4. The number of hydrogen-bond donors (Lipinski definition) is 2. The Morgan fingerprint density at radius 3 is 2.76 bits per heavy atom. The zero-order valence-electron chi connectivity index (χ0n) is 11.4. The molecule has 17 heavy (non-hydrogen) atoms. The van der Waals surface area contributed by atoms with Gasteiger partial charge < -0.3 is 15.7 Å². The van der Waals surface area contributed by atoms with Crippen molar-refractivity contribution >= 4 is 0 Å². The summed E-state index contributed by atoms with van der Waals surface area (Å²) in [5, 5.41) is 9.44. The smallest absolute Gasteiger partial charge is 0.0613 e. The number of aliphatic hydroxyl groups excluding tert-OH is 1. The Labute approximate surface area is 105 Å². The minimum atomic E-state index is -0.283. The molecule has 0 aromatic heterocycles. The van der Waals surface area contributed by atoms with E-state index in [-0.39, 0.29) is 12.1 Å². The van der Waals surface area contributed by atoms with Crippen LogP contribution in [0.1, 0.15) is 46.0 Å². The van der Waals surface area contributed by atoms with E-state index in [4.69, 9.17) is 5.73 Å². The summed E-state index contributed by atoms with van der Waals surface area (Å²) in [6.45, 7) is 7.23. The quantitative estimate of drug-likeness (QED) is 0.784. The van der Waals surface area contributed by atoms with Gasteiger partial charge in [0.2, 0.25) is 0 Å². The molecule has 2 fully saturated rings. The van der Waals surface area contributed by atoms with E-state index in [0.29, 0.717) is 5.92 Å². The molecule has 0 aromatic carbocycles. The molecule has 0 bridgehead atoms. The summed E-state index contributed by atoms with van der Waals surface area (Å²) in [6.07, 6.45) is 5.88. The van der Waals surface area contributed by atoms with E-state index < -0.39 is 0 Å². The predicted octanol–water partition coefficient (Wildman–Crippen LogP) is 1.60. The van der Waals surface area contributed by atoms with Crippen LogP contribution in [0, 0.1) is 11.8 Å². The van der Waals surface area contributed by atoms with Crippen LogP contribution in [-0.4, -0.2) is 41.3 Å². The zero-order valence-corrected chi connectivity index (χ0v) is 11.4. The fraction of sp³-hybridized carbons (Fsp3) is 1.00. The number of nitrogens with two attached hydrogens (primary N) is 1. The first-order chi connectivity index (χ1) is 8.05. The fourth-order valence-electron chi connectivity index (χ4n) is 3.83. The number of nitrogens with zero attached hydrogens (tertiary/aromatic N) is 1. The molecular weight excluding hydrogens is 212 g/mol. The van der Waals surface area contributed by atoms with Gasteiger partial charge in [-0.1, -0.05) is 13.3 Å². The van der Waals surface area contributed by atoms with Crippen molar-refractivity contribution in [3.63, 3.8) is 0 Å². The summed E-state index contributed by atoms with van der Waals surface area (Å²) < 4.78 is 0. The molecule has 1 aliphatic heterocycles. The maximum atomic E-state index is 9.44. The van der Waals surface area contributed by atoms with Crippen molar-refractivity contribution in [2.24, 2.45) is 17.6 Å². The molecule has 0 amide bonds. The summed E-state index contributed by atoms with van der Waals surface area (Å²) in [4.78, 5) is 2.60. The van der Waals surface area contributed by atoms with Crippen LogP contribution in [-0.2, 0) is 0 Å². The van der Waals surface area contributed by atoms with Crippen molar-refractivity contribution in [2.75, 3.05) is 19.7 Å². The molecule has 0 radical (unpaired) electrons. The van der Waals surface area contributed by atoms with E-state index in [2.05, 4.69) is 18.7 Å². The Kier molecular flexibility index (Phi) is 4.11. The summed E-state index contributed by atoms with van der Waals surface area (Å²) in [5.41, 5.74) is 6.00. The van der Waals surface area contributed by atoms with Gasteiger partial charge in [0.15, 0.2) is 0 Å². The Morgan fingerprint density at radius 2 is 2.18 bits per heavy atom. The summed E-state index contributed by atoms with van der Waals surface area (Å²) in [5.74, 6) is 1.37. The average Bonchev–Trinajstić information content (AvgIpc) is 2.80. The molecule has 3 nitrogen and oxygen atoms in total. The van der Waals surface area contributed by atoms with Crippen LogP contribution >= 0.6 is 0 Å². The Bertz CT molecular complexity index is 259. The summed E-state index contributed by atoms with van der Waals surface area (Å²) in [7, 11) is 0. The molecule has 100 valence electrons. The van der Waals surface area contributed by atoms with Crippen LogP contribution in [0.2, 0.25) is 0 Å². The number of rotatable bonds is 4. The molecule has 4 atom stereocenters. The molecule has 3 N–H and O–H groups in total. The highest BCUT2D eigenvalue weighted by molar-refractivity contribution is 4.96. The lowest BCUT2D eigenvalue weighted by atomic mass is 9.86. The molecular formula is C14H28N2O. The van der Waals surface area contributed by atoms with Crippen molar-refractivity contribution in [3.8, 4) is 0 Å². The fourth-order valence-corrected chi connectivity index (χ4v) is 3.83. The largest absolute Gasteiger partial charge is 0.394 e. The molecule has 2 rings (SSSR count). The van der Waals surface area contributed by atoms with Gasteiger partial charge in [-0.05, 0) is 51.0 Å². The third-order valence-corrected chi connectivity index (χ3v) is 4.98. The summed E-state index contributed by atoms with van der Waals surface area (Å²) >= 11 is 0. The van der Waals surface area contributed by atoms with Gasteiger partial charge in [0.05, 0.1) is 6.61 Å². The van der Waals surface area contributed by atoms with E-state index in [1.165, 1.54) is 25.8 Å². The van der Waals surface area contributed by atoms with Gasteiger partial charge in [0, 0.05) is 18.1 Å². The molecule has 2 aliphatic rings. The van der Waals surface area contributed by atoms with Crippen molar-refractivity contribution in [3.05, 3.63) is 0 Å². The monoisotopic (exact) mass is 240 g/mol. The van der Waals surface area contributed by atoms with Crippen LogP contribution in [0.3, 0.4) is 0 Å². The first kappa shape index (κ1) is 13.3. The van der Waals surface area contributed by atoms with Crippen LogP contribution in [0.25, 0.3) is 0 Å². The highest BCUT2D eigenvalue weighted by Crippen LogP contribution is 2.36. The third kappa shape index (κ3) is 2.83. The van der Waals surface area contributed by atoms with Crippen molar-refractivity contribution in [1.82, 2.24) is 4.90 Å². The number of aliphatic hydroxyl groups is 1. The minimum absolute atomic E-state index is 0.156. The topological polar surface area (TPSA) is 49.5 Å². The maximum absolute atomic E-state index is 9.44. The molecule has 1 saturated carbocycles. The molecule has 1 saturated heterocycles. The van der Waals surface area contributed by atoms with Gasteiger partial charge in [-0.15, -0.1) is 0 Å². The second-order valence-corrected chi connectivity index (χ2v) is 6.45. The second-order valence-electron chi connectivity index (χ2n) is 6.45. The predicted molar refractivity (Wildman–Crippen MR) is 70.8 cm³/mol. The van der Waals surface area contributed by atoms with Crippen LogP contribution < -0.4 is 5.73 Å². The summed E-state index contributed by atoms with van der Waals surface area (Å²) in [6, 6.07) is 0.729. The van der Waals surface area contributed by atoms with Gasteiger partial charge in [0.1, 0.15) is 0 Å². The zero-order chi connectivity index (χ0) is 12.5. The lowest BCUT2D eigenvalue weighted by Crippen LogP contribution is -2.48. The molecule has 0 aromatic rings. The van der Waals surface area contributed by atoms with Crippen molar-refractivity contribution in [1.29, 1.82) is 0 Å². The van der Waals surface area contributed by atoms with E-state index in [9.17, 15) is 5.11 Å². The lowest BCUT2D eigenvalue weighted by Gasteiger charge is -2.31. The first-order valence-electron chi connectivity index (χ1n) is 7.19. The Hall–Kier alpha value is -0.120. The van der Waals surface area contributed by atoms with Crippen LogP contribution in [0.15, 0.2) is 0 Å². The Balaban J connectivity index is 1.82. The van der Waals surface area contributed by atoms with E-state index in [1.54, 1.807) is 0 Å². The Morgan fingerprint density at radius 1 is 1.41 bits per heavy atom. The SMILES string of the molecule is CC1CC(C)N(CCC2CCCC2(N)CO)C1. The second kappa shape index (κ2) is 5.25. The molecule has 1 aliphatic carbocycles. The maximum Gasteiger partial charge on any atom is 0.0613 e. The van der Waals surface area contributed by atoms with E-state index >= 15 is 0 Å². The number of hydrogen-bond acceptors (Lipinski definition) is 3. The molecule has 4 unspecified atom stereocenters. The van der Waals surface area contributed by atoms with Gasteiger partial charge in [-0.2, -0.15) is 0 Å². The molecule has 1 heterocycles. The average molecular weight is 240 g/mol. The van der Waals surface area contributed by atoms with E-state index in [1.807, 2.05) is 0 Å². The third-order valence-electron chi connectivity index (χ3n) is 4.98. The van der Waals surface area contributed by atoms with Gasteiger partial charge in [-0.3, -0.25) is 0 Å². The van der Waals surface area contributed by atoms with Gasteiger partial charge in [0.25, 0.3) is 0 Å². The van der Waals surface area contributed by atoms with Crippen molar-refractivity contribution in [2.45, 2.75) is 57.5 Å². The van der Waals surface area contributed by atoms with Crippen molar-refractivity contribution < 1.29 is 5.11 Å².